The summed E-state index contributed by atoms with van der Waals surface area (Å²) in [4.78, 5) is 24.9. The van der Waals surface area contributed by atoms with E-state index in [9.17, 15) is 14.7 Å². The van der Waals surface area contributed by atoms with Crippen LogP contribution in [0, 0.1) is 0 Å². The lowest BCUT2D eigenvalue weighted by atomic mass is 10.1. The smallest absolute Gasteiger partial charge is 0.229 e. The highest BCUT2D eigenvalue weighted by Gasteiger charge is 2.23. The Balaban J connectivity index is 1.97. The van der Waals surface area contributed by atoms with Crippen molar-refractivity contribution in [1.82, 2.24) is 4.90 Å². The summed E-state index contributed by atoms with van der Waals surface area (Å²) < 4.78 is 0. The average Bonchev–Trinajstić information content (AvgIpc) is 2.51. The summed E-state index contributed by atoms with van der Waals surface area (Å²) >= 11 is 0. The minimum absolute atomic E-state index is 0.0590. The zero-order valence-corrected chi connectivity index (χ0v) is 10.3. The fraction of sp³-hybridized carbons (Fsp3) is 0.429. The molecule has 0 aliphatic carbocycles. The Morgan fingerprint density at radius 1 is 1.00 bits per heavy atom. The zero-order chi connectivity index (χ0) is 13.0. The van der Waals surface area contributed by atoms with Crippen molar-refractivity contribution in [3.63, 3.8) is 0 Å². The van der Waals surface area contributed by atoms with E-state index in [4.69, 9.17) is 0 Å². The van der Waals surface area contributed by atoms with Crippen LogP contribution in [-0.2, 0) is 16.0 Å². The lowest BCUT2D eigenvalue weighted by Gasteiger charge is -2.18. The standard InChI is InChI=1S/C14H17NO3/c16-12-7-5-11(6-8-12)9-10-15-13(17)3-1-2-4-14(15)18/h5-8,16H,1-4,9-10H2. The topological polar surface area (TPSA) is 57.6 Å². The number of nitrogens with zero attached hydrogens (tertiary/aromatic N) is 1. The van der Waals surface area contributed by atoms with E-state index in [1.165, 1.54) is 4.90 Å². The molecular weight excluding hydrogens is 230 g/mol. The molecule has 1 aliphatic heterocycles. The average molecular weight is 247 g/mol. The molecule has 96 valence electrons. The second kappa shape index (κ2) is 5.67. The van der Waals surface area contributed by atoms with Gasteiger partial charge in [-0.05, 0) is 37.0 Å². The minimum Gasteiger partial charge on any atom is -0.508 e. The number of carbonyl (C=O) groups is 2. The first-order valence-corrected chi connectivity index (χ1v) is 6.28. The molecule has 0 unspecified atom stereocenters. The summed E-state index contributed by atoms with van der Waals surface area (Å²) in [5.74, 6) is 0.105. The molecule has 2 amide bonds. The lowest BCUT2D eigenvalue weighted by molar-refractivity contribution is -0.143. The van der Waals surface area contributed by atoms with Crippen molar-refractivity contribution in [2.45, 2.75) is 32.1 Å². The Morgan fingerprint density at radius 3 is 2.11 bits per heavy atom. The summed E-state index contributed by atoms with van der Waals surface area (Å²) in [6, 6.07) is 6.84. The molecular formula is C14H17NO3. The molecule has 1 aromatic rings. The fourth-order valence-electron chi connectivity index (χ4n) is 2.11. The van der Waals surface area contributed by atoms with Crippen LogP contribution in [0.3, 0.4) is 0 Å². The number of likely N-dealkylation sites (tertiary alicyclic amines) is 1. The first-order valence-electron chi connectivity index (χ1n) is 6.28. The molecule has 4 nitrogen and oxygen atoms in total. The third-order valence-corrected chi connectivity index (χ3v) is 3.19. The molecule has 2 rings (SSSR count). The quantitative estimate of drug-likeness (QED) is 0.829. The SMILES string of the molecule is O=C1CCCCC(=O)N1CCc1ccc(O)cc1. The predicted molar refractivity (Wildman–Crippen MR) is 67.0 cm³/mol. The first kappa shape index (κ1) is 12.6. The Morgan fingerprint density at radius 2 is 1.56 bits per heavy atom. The minimum atomic E-state index is -0.0590. The molecule has 0 spiro atoms. The van der Waals surface area contributed by atoms with Crippen LogP contribution in [0.15, 0.2) is 24.3 Å². The molecule has 1 aromatic carbocycles. The number of phenols is 1. The van der Waals surface area contributed by atoms with Gasteiger partial charge in [-0.1, -0.05) is 12.1 Å². The van der Waals surface area contributed by atoms with Crippen LogP contribution in [-0.4, -0.2) is 28.4 Å². The monoisotopic (exact) mass is 247 g/mol. The van der Waals surface area contributed by atoms with Crippen LogP contribution in [0.25, 0.3) is 0 Å². The van der Waals surface area contributed by atoms with Gasteiger partial charge in [0.15, 0.2) is 0 Å². The first-order chi connectivity index (χ1) is 8.66. The zero-order valence-electron chi connectivity index (χ0n) is 10.3. The molecule has 0 saturated carbocycles. The van der Waals surface area contributed by atoms with Gasteiger partial charge in [0.1, 0.15) is 5.75 Å². The molecule has 1 heterocycles. The molecule has 1 fully saturated rings. The summed E-state index contributed by atoms with van der Waals surface area (Å²) in [5.41, 5.74) is 1.01. The highest BCUT2D eigenvalue weighted by molar-refractivity contribution is 5.96. The number of hydrogen-bond donors (Lipinski definition) is 1. The maximum absolute atomic E-state index is 11.8. The Kier molecular flexibility index (Phi) is 3.97. The number of phenolic OH excluding ortho intramolecular Hbond substituents is 1. The number of aromatic hydroxyl groups is 1. The van der Waals surface area contributed by atoms with Crippen molar-refractivity contribution in [2.75, 3.05) is 6.54 Å². The molecule has 18 heavy (non-hydrogen) atoms. The Labute approximate surface area is 106 Å². The van der Waals surface area contributed by atoms with Gasteiger partial charge in [0, 0.05) is 19.4 Å². The van der Waals surface area contributed by atoms with Crippen LogP contribution in [0.2, 0.25) is 0 Å². The van der Waals surface area contributed by atoms with Crippen LogP contribution in [0.5, 0.6) is 5.75 Å². The molecule has 4 heteroatoms. The molecule has 0 aromatic heterocycles. The van der Waals surface area contributed by atoms with Crippen molar-refractivity contribution < 1.29 is 14.7 Å². The van der Waals surface area contributed by atoms with Gasteiger partial charge in [-0.2, -0.15) is 0 Å². The Bertz CT molecular complexity index is 421. The number of amides is 2. The van der Waals surface area contributed by atoms with Gasteiger partial charge >= 0.3 is 0 Å². The summed E-state index contributed by atoms with van der Waals surface area (Å²) in [6.07, 6.45) is 3.20. The second-order valence-corrected chi connectivity index (χ2v) is 4.56. The van der Waals surface area contributed by atoms with Gasteiger partial charge in [0.25, 0.3) is 0 Å². The van der Waals surface area contributed by atoms with Crippen LogP contribution < -0.4 is 0 Å². The van der Waals surface area contributed by atoms with E-state index in [2.05, 4.69) is 0 Å². The van der Waals surface area contributed by atoms with Crippen molar-refractivity contribution >= 4 is 11.8 Å². The molecule has 1 N–H and O–H groups in total. The normalized spacial score (nSPS) is 16.8. The van der Waals surface area contributed by atoms with E-state index in [1.807, 2.05) is 12.1 Å². The van der Waals surface area contributed by atoms with E-state index >= 15 is 0 Å². The van der Waals surface area contributed by atoms with E-state index in [0.717, 1.165) is 18.4 Å². The van der Waals surface area contributed by atoms with Crippen molar-refractivity contribution in [3.05, 3.63) is 29.8 Å². The maximum atomic E-state index is 11.8. The summed E-state index contributed by atoms with van der Waals surface area (Å²) in [6.45, 7) is 0.433. The molecule has 0 bridgehead atoms. The third kappa shape index (κ3) is 3.09. The highest BCUT2D eigenvalue weighted by atomic mass is 16.3. The van der Waals surface area contributed by atoms with Gasteiger partial charge in [0.05, 0.1) is 0 Å². The Hall–Kier alpha value is -1.84. The number of carbonyl (C=O) groups excluding carboxylic acids is 2. The van der Waals surface area contributed by atoms with Crippen molar-refractivity contribution in [1.29, 1.82) is 0 Å². The van der Waals surface area contributed by atoms with Gasteiger partial charge in [-0.25, -0.2) is 0 Å². The van der Waals surface area contributed by atoms with E-state index in [-0.39, 0.29) is 17.6 Å². The summed E-state index contributed by atoms with van der Waals surface area (Å²) in [5, 5.41) is 9.18. The lowest BCUT2D eigenvalue weighted by Crippen LogP contribution is -2.36. The van der Waals surface area contributed by atoms with Gasteiger partial charge < -0.3 is 5.11 Å². The highest BCUT2D eigenvalue weighted by Crippen LogP contribution is 2.14. The number of rotatable bonds is 3. The third-order valence-electron chi connectivity index (χ3n) is 3.19. The summed E-state index contributed by atoms with van der Waals surface area (Å²) in [7, 11) is 0. The maximum Gasteiger partial charge on any atom is 0.229 e. The van der Waals surface area contributed by atoms with Gasteiger partial charge in [-0.3, -0.25) is 14.5 Å². The number of imide groups is 1. The van der Waals surface area contributed by atoms with Crippen molar-refractivity contribution in [2.24, 2.45) is 0 Å². The largest absolute Gasteiger partial charge is 0.508 e. The fourth-order valence-corrected chi connectivity index (χ4v) is 2.11. The van der Waals surface area contributed by atoms with Crippen LogP contribution >= 0.6 is 0 Å². The van der Waals surface area contributed by atoms with Gasteiger partial charge in [-0.15, -0.1) is 0 Å². The van der Waals surface area contributed by atoms with Crippen molar-refractivity contribution in [3.8, 4) is 5.75 Å². The van der Waals surface area contributed by atoms with E-state index < -0.39 is 0 Å². The van der Waals surface area contributed by atoms with Crippen LogP contribution in [0.1, 0.15) is 31.2 Å². The molecule has 0 atom stereocenters. The van der Waals surface area contributed by atoms with E-state index in [0.29, 0.717) is 25.8 Å². The van der Waals surface area contributed by atoms with Crippen LogP contribution in [0.4, 0.5) is 0 Å². The van der Waals surface area contributed by atoms with Gasteiger partial charge in [0.2, 0.25) is 11.8 Å². The molecule has 0 radical (unpaired) electrons. The second-order valence-electron chi connectivity index (χ2n) is 4.56. The van der Waals surface area contributed by atoms with E-state index in [1.54, 1.807) is 12.1 Å². The number of hydrogen-bond acceptors (Lipinski definition) is 3. The molecule has 1 saturated heterocycles. The molecule has 1 aliphatic rings. The predicted octanol–water partition coefficient (Wildman–Crippen LogP) is 1.86. The number of benzene rings is 1.